The number of hydrogen-bond acceptors (Lipinski definition) is 5. The van der Waals surface area contributed by atoms with Crippen LogP contribution in [0.25, 0.3) is 0 Å². The summed E-state index contributed by atoms with van der Waals surface area (Å²) in [5.41, 5.74) is 1.64. The maximum atomic E-state index is 12.8. The molecule has 1 atom stereocenters. The molecule has 2 heterocycles. The van der Waals surface area contributed by atoms with E-state index < -0.39 is 23.8 Å². The third kappa shape index (κ3) is 4.08. The quantitative estimate of drug-likeness (QED) is 0.532. The molecule has 27 heavy (non-hydrogen) atoms. The van der Waals surface area contributed by atoms with E-state index in [9.17, 15) is 19.2 Å². The molecule has 1 aromatic rings. The summed E-state index contributed by atoms with van der Waals surface area (Å²) < 4.78 is 0. The molecule has 0 aromatic heterocycles. The van der Waals surface area contributed by atoms with Crippen LogP contribution in [-0.4, -0.2) is 46.3 Å². The lowest BCUT2D eigenvalue weighted by atomic mass is 10.0. The first-order valence-electron chi connectivity index (χ1n) is 9.48. The first kappa shape index (κ1) is 19.2. The third-order valence-electron chi connectivity index (χ3n) is 5.13. The van der Waals surface area contributed by atoms with Crippen molar-refractivity contribution in [3.8, 4) is 0 Å². The largest absolute Gasteiger partial charge is 0.396 e. The van der Waals surface area contributed by atoms with Gasteiger partial charge in [0, 0.05) is 13.0 Å². The molecule has 1 aromatic carbocycles. The first-order valence-corrected chi connectivity index (χ1v) is 9.48. The Hall–Kier alpha value is -2.54. The number of piperidine rings is 1. The van der Waals surface area contributed by atoms with E-state index in [1.807, 2.05) is 6.07 Å². The molecule has 2 aliphatic rings. The zero-order valence-electron chi connectivity index (χ0n) is 15.2. The van der Waals surface area contributed by atoms with E-state index in [1.54, 1.807) is 12.1 Å². The standard InChI is InChI=1S/C20H24N2O5/c23-11-5-3-1-2-4-6-13-7-8-14-15(12-13)20(27)22(19(14)26)16-9-10-17(24)21-18(16)25/h7-8,12,16,23H,1-6,9-11H2,(H,21,24,25). The Morgan fingerprint density at radius 2 is 1.67 bits per heavy atom. The molecule has 2 N–H and O–H groups in total. The van der Waals surface area contributed by atoms with Gasteiger partial charge >= 0.3 is 0 Å². The molecule has 1 saturated heterocycles. The number of unbranched alkanes of at least 4 members (excludes halogenated alkanes) is 4. The SMILES string of the molecule is O=C1CCC(N2C(=O)c3ccc(CCCCCCCO)cc3C2=O)C(=O)N1. The smallest absolute Gasteiger partial charge is 0.262 e. The Morgan fingerprint density at radius 3 is 2.41 bits per heavy atom. The number of carbonyl (C=O) groups excluding carboxylic acids is 4. The summed E-state index contributed by atoms with van der Waals surface area (Å²) in [4.78, 5) is 49.7. The highest BCUT2D eigenvalue weighted by Crippen LogP contribution is 2.28. The van der Waals surface area contributed by atoms with Gasteiger partial charge in [0.15, 0.2) is 0 Å². The number of amides is 4. The van der Waals surface area contributed by atoms with Gasteiger partial charge < -0.3 is 5.11 Å². The predicted octanol–water partition coefficient (Wildman–Crippen LogP) is 1.57. The maximum absolute atomic E-state index is 12.8. The molecule has 1 fully saturated rings. The molecule has 7 nitrogen and oxygen atoms in total. The van der Waals surface area contributed by atoms with Gasteiger partial charge in [-0.15, -0.1) is 0 Å². The van der Waals surface area contributed by atoms with Crippen molar-refractivity contribution in [2.75, 3.05) is 6.61 Å². The van der Waals surface area contributed by atoms with Crippen LogP contribution in [0.1, 0.15) is 71.2 Å². The summed E-state index contributed by atoms with van der Waals surface area (Å²) in [6.07, 6.45) is 6.01. The normalized spacial score (nSPS) is 19.4. The average molecular weight is 372 g/mol. The summed E-state index contributed by atoms with van der Waals surface area (Å²) in [5.74, 6) is -1.91. The Morgan fingerprint density at radius 1 is 0.963 bits per heavy atom. The van der Waals surface area contributed by atoms with E-state index in [1.165, 1.54) is 0 Å². The Kier molecular flexibility index (Phi) is 6.01. The van der Waals surface area contributed by atoms with Crippen LogP contribution in [0.5, 0.6) is 0 Å². The molecule has 0 bridgehead atoms. The van der Waals surface area contributed by atoms with Gasteiger partial charge in [-0.05, 0) is 43.4 Å². The summed E-state index contributed by atoms with van der Waals surface area (Å²) >= 11 is 0. The van der Waals surface area contributed by atoms with Crippen molar-refractivity contribution in [2.24, 2.45) is 0 Å². The van der Waals surface area contributed by atoms with Crippen molar-refractivity contribution in [1.82, 2.24) is 10.2 Å². The van der Waals surface area contributed by atoms with E-state index in [0.717, 1.165) is 49.0 Å². The summed E-state index contributed by atoms with van der Waals surface area (Å²) in [6, 6.07) is 4.33. The topological polar surface area (TPSA) is 104 Å². The van der Waals surface area contributed by atoms with Crippen LogP contribution in [0.4, 0.5) is 0 Å². The van der Waals surface area contributed by atoms with Gasteiger partial charge in [0.05, 0.1) is 11.1 Å². The van der Waals surface area contributed by atoms with Crippen LogP contribution in [0.15, 0.2) is 18.2 Å². The molecule has 4 amide bonds. The molecular weight excluding hydrogens is 348 g/mol. The average Bonchev–Trinajstić information content (AvgIpc) is 2.89. The highest BCUT2D eigenvalue weighted by Gasteiger charge is 2.44. The van der Waals surface area contributed by atoms with Crippen molar-refractivity contribution in [3.05, 3.63) is 34.9 Å². The molecule has 7 heteroatoms. The molecular formula is C20H24N2O5. The molecule has 0 spiro atoms. The van der Waals surface area contributed by atoms with E-state index >= 15 is 0 Å². The number of nitrogens with zero attached hydrogens (tertiary/aromatic N) is 1. The van der Waals surface area contributed by atoms with Gasteiger partial charge in [-0.1, -0.05) is 25.3 Å². The van der Waals surface area contributed by atoms with Gasteiger partial charge in [0.25, 0.3) is 11.8 Å². The lowest BCUT2D eigenvalue weighted by molar-refractivity contribution is -0.136. The Balaban J connectivity index is 1.66. The minimum Gasteiger partial charge on any atom is -0.396 e. The number of aryl methyl sites for hydroxylation is 1. The fourth-order valence-electron chi connectivity index (χ4n) is 3.64. The van der Waals surface area contributed by atoms with Crippen molar-refractivity contribution in [1.29, 1.82) is 0 Å². The van der Waals surface area contributed by atoms with Crippen LogP contribution < -0.4 is 5.32 Å². The maximum Gasteiger partial charge on any atom is 0.262 e. The van der Waals surface area contributed by atoms with E-state index in [2.05, 4.69) is 5.32 Å². The van der Waals surface area contributed by atoms with Crippen LogP contribution in [-0.2, 0) is 16.0 Å². The number of imide groups is 2. The second-order valence-corrected chi connectivity index (χ2v) is 7.07. The first-order chi connectivity index (χ1) is 13.0. The van der Waals surface area contributed by atoms with Gasteiger partial charge in [-0.25, -0.2) is 0 Å². The van der Waals surface area contributed by atoms with Crippen LogP contribution in [0, 0.1) is 0 Å². The molecule has 0 aliphatic carbocycles. The van der Waals surface area contributed by atoms with Crippen molar-refractivity contribution >= 4 is 23.6 Å². The second kappa shape index (κ2) is 8.43. The van der Waals surface area contributed by atoms with Crippen LogP contribution in [0.2, 0.25) is 0 Å². The summed E-state index contributed by atoms with van der Waals surface area (Å²) in [6.45, 7) is 0.227. The van der Waals surface area contributed by atoms with Gasteiger partial charge in [-0.3, -0.25) is 29.4 Å². The number of aliphatic hydroxyl groups is 1. The number of fused-ring (bicyclic) bond motifs is 1. The fraction of sp³-hybridized carbons (Fsp3) is 0.500. The number of hydrogen-bond donors (Lipinski definition) is 2. The Bertz CT molecular complexity index is 774. The molecule has 0 radical (unpaired) electrons. The van der Waals surface area contributed by atoms with Gasteiger partial charge in [0.2, 0.25) is 11.8 Å². The van der Waals surface area contributed by atoms with Crippen LogP contribution >= 0.6 is 0 Å². The summed E-state index contributed by atoms with van der Waals surface area (Å²) in [7, 11) is 0. The third-order valence-corrected chi connectivity index (χ3v) is 5.13. The fourth-order valence-corrected chi connectivity index (χ4v) is 3.64. The van der Waals surface area contributed by atoms with Gasteiger partial charge in [-0.2, -0.15) is 0 Å². The molecule has 144 valence electrons. The zero-order chi connectivity index (χ0) is 19.4. The van der Waals surface area contributed by atoms with Crippen LogP contribution in [0.3, 0.4) is 0 Å². The lowest BCUT2D eigenvalue weighted by Gasteiger charge is -2.27. The highest BCUT2D eigenvalue weighted by atomic mass is 16.3. The lowest BCUT2D eigenvalue weighted by Crippen LogP contribution is -2.54. The second-order valence-electron chi connectivity index (χ2n) is 7.07. The number of carbonyl (C=O) groups is 4. The van der Waals surface area contributed by atoms with Crippen molar-refractivity contribution in [2.45, 2.75) is 57.4 Å². The molecule has 2 aliphatic heterocycles. The number of nitrogens with one attached hydrogen (secondary N) is 1. The van der Waals surface area contributed by atoms with Crippen molar-refractivity contribution in [3.63, 3.8) is 0 Å². The molecule has 1 unspecified atom stereocenters. The van der Waals surface area contributed by atoms with E-state index in [-0.39, 0.29) is 25.4 Å². The summed E-state index contributed by atoms with van der Waals surface area (Å²) in [5, 5.41) is 11.0. The minimum atomic E-state index is -0.926. The van der Waals surface area contributed by atoms with Crippen molar-refractivity contribution < 1.29 is 24.3 Å². The number of benzene rings is 1. The molecule has 3 rings (SSSR count). The monoisotopic (exact) mass is 372 g/mol. The number of aliphatic hydroxyl groups excluding tert-OH is 1. The van der Waals surface area contributed by atoms with E-state index in [0.29, 0.717) is 11.1 Å². The van der Waals surface area contributed by atoms with E-state index in [4.69, 9.17) is 5.11 Å². The predicted molar refractivity (Wildman–Crippen MR) is 97.0 cm³/mol. The van der Waals surface area contributed by atoms with Gasteiger partial charge in [0.1, 0.15) is 6.04 Å². The number of rotatable bonds is 8. The highest BCUT2D eigenvalue weighted by molar-refractivity contribution is 6.23. The minimum absolute atomic E-state index is 0.116. The Labute approximate surface area is 157 Å². The zero-order valence-corrected chi connectivity index (χ0v) is 15.2. The molecule has 0 saturated carbocycles.